The molecule has 2 aromatic rings. The normalized spacial score (nSPS) is 10.5. The van der Waals surface area contributed by atoms with Crippen molar-refractivity contribution in [2.75, 3.05) is 23.7 Å². The Morgan fingerprint density at radius 3 is 1.40 bits per heavy atom. The molecular weight excluding hydrogens is 336 g/mol. The van der Waals surface area contributed by atoms with Crippen molar-refractivity contribution in [1.82, 2.24) is 0 Å². The number of sulfone groups is 1. The van der Waals surface area contributed by atoms with Crippen molar-refractivity contribution >= 4 is 21.2 Å². The number of nitrogens with one attached hydrogen (secondary N) is 2. The molecule has 7 heteroatoms. The largest absolute Gasteiger partial charge is 0.384 e. The molecule has 2 aromatic carbocycles. The zero-order chi connectivity index (χ0) is 18.1. The summed E-state index contributed by atoms with van der Waals surface area (Å²) < 4.78 is 25.3. The van der Waals surface area contributed by atoms with Gasteiger partial charge in [-0.1, -0.05) is 0 Å². The van der Waals surface area contributed by atoms with E-state index in [2.05, 4.69) is 10.6 Å². The Balaban J connectivity index is 2.10. The van der Waals surface area contributed by atoms with Crippen molar-refractivity contribution in [3.63, 3.8) is 0 Å². The Morgan fingerprint density at radius 2 is 1.08 bits per heavy atom. The standard InChI is InChI=1S/C18H18N4O2S/c19-11-1-13-21-15-3-7-17(8-4-15)25(23,24)18-9-5-16(6-10-18)22-14-2-12-20/h3-10,21-22H,1-2,13-14H2. The van der Waals surface area contributed by atoms with E-state index in [1.54, 1.807) is 48.5 Å². The van der Waals surface area contributed by atoms with Gasteiger partial charge >= 0.3 is 0 Å². The van der Waals surface area contributed by atoms with Crippen LogP contribution in [0, 0.1) is 22.7 Å². The summed E-state index contributed by atoms with van der Waals surface area (Å²) in [4.78, 5) is 0.423. The molecule has 25 heavy (non-hydrogen) atoms. The molecule has 0 aliphatic carbocycles. The van der Waals surface area contributed by atoms with E-state index >= 15 is 0 Å². The van der Waals surface area contributed by atoms with E-state index < -0.39 is 9.84 Å². The van der Waals surface area contributed by atoms with Crippen molar-refractivity contribution in [2.45, 2.75) is 22.6 Å². The highest BCUT2D eigenvalue weighted by atomic mass is 32.2. The number of hydrogen-bond donors (Lipinski definition) is 2. The highest BCUT2D eigenvalue weighted by molar-refractivity contribution is 7.91. The molecule has 0 radical (unpaired) electrons. The molecule has 0 amide bonds. The lowest BCUT2D eigenvalue weighted by Crippen LogP contribution is -2.04. The predicted molar refractivity (Wildman–Crippen MR) is 95.8 cm³/mol. The minimum Gasteiger partial charge on any atom is -0.384 e. The van der Waals surface area contributed by atoms with Gasteiger partial charge in [-0.3, -0.25) is 0 Å². The SMILES string of the molecule is N#CCCNc1ccc(S(=O)(=O)c2ccc(NCCC#N)cc2)cc1. The first-order chi connectivity index (χ1) is 12.1. The fraction of sp³-hybridized carbons (Fsp3) is 0.222. The van der Waals surface area contributed by atoms with Crippen molar-refractivity contribution in [2.24, 2.45) is 0 Å². The van der Waals surface area contributed by atoms with Crippen LogP contribution in [0.5, 0.6) is 0 Å². The van der Waals surface area contributed by atoms with Crippen LogP contribution in [-0.4, -0.2) is 21.5 Å². The first kappa shape index (κ1) is 18.3. The molecule has 6 nitrogen and oxygen atoms in total. The Bertz CT molecular complexity index is 807. The van der Waals surface area contributed by atoms with Gasteiger partial charge in [-0.05, 0) is 48.5 Å². The van der Waals surface area contributed by atoms with Gasteiger partial charge in [0.2, 0.25) is 9.84 Å². The molecule has 0 saturated heterocycles. The maximum absolute atomic E-state index is 12.7. The van der Waals surface area contributed by atoms with E-state index in [0.717, 1.165) is 11.4 Å². The lowest BCUT2D eigenvalue weighted by atomic mass is 10.3. The summed E-state index contributed by atoms with van der Waals surface area (Å²) >= 11 is 0. The summed E-state index contributed by atoms with van der Waals surface area (Å²) in [7, 11) is -3.58. The van der Waals surface area contributed by atoms with E-state index in [0.29, 0.717) is 25.9 Å². The molecule has 2 N–H and O–H groups in total. The monoisotopic (exact) mass is 354 g/mol. The highest BCUT2D eigenvalue weighted by Crippen LogP contribution is 2.23. The molecule has 0 spiro atoms. The number of rotatable bonds is 8. The predicted octanol–water partition coefficient (Wildman–Crippen LogP) is 3.17. The van der Waals surface area contributed by atoms with Crippen LogP contribution >= 0.6 is 0 Å². The van der Waals surface area contributed by atoms with Gasteiger partial charge in [0.15, 0.2) is 0 Å². The summed E-state index contributed by atoms with van der Waals surface area (Å²) in [6.45, 7) is 1.03. The van der Waals surface area contributed by atoms with E-state index in [-0.39, 0.29) is 9.79 Å². The van der Waals surface area contributed by atoms with E-state index in [1.807, 2.05) is 12.1 Å². The van der Waals surface area contributed by atoms with Gasteiger partial charge in [-0.15, -0.1) is 0 Å². The third kappa shape index (κ3) is 4.97. The van der Waals surface area contributed by atoms with Crippen molar-refractivity contribution in [3.05, 3.63) is 48.5 Å². The van der Waals surface area contributed by atoms with Crippen LogP contribution in [0.1, 0.15) is 12.8 Å². The second kappa shape index (κ2) is 8.72. The van der Waals surface area contributed by atoms with Gasteiger partial charge in [0.1, 0.15) is 0 Å². The fourth-order valence-electron chi connectivity index (χ4n) is 2.17. The molecule has 0 unspecified atom stereocenters. The van der Waals surface area contributed by atoms with Gasteiger partial charge < -0.3 is 10.6 Å². The number of hydrogen-bond acceptors (Lipinski definition) is 6. The summed E-state index contributed by atoms with van der Waals surface area (Å²) in [5.41, 5.74) is 1.54. The molecule has 0 heterocycles. The number of benzene rings is 2. The van der Waals surface area contributed by atoms with Gasteiger partial charge in [0.25, 0.3) is 0 Å². The van der Waals surface area contributed by atoms with Gasteiger partial charge in [-0.25, -0.2) is 8.42 Å². The molecule has 0 atom stereocenters. The van der Waals surface area contributed by atoms with Crippen LogP contribution in [0.15, 0.2) is 58.3 Å². The molecule has 128 valence electrons. The van der Waals surface area contributed by atoms with E-state index in [9.17, 15) is 8.42 Å². The van der Waals surface area contributed by atoms with Gasteiger partial charge in [0, 0.05) is 24.5 Å². The topological polar surface area (TPSA) is 106 Å². The van der Waals surface area contributed by atoms with Gasteiger partial charge in [0.05, 0.1) is 34.8 Å². The van der Waals surface area contributed by atoms with Crippen LogP contribution in [0.2, 0.25) is 0 Å². The van der Waals surface area contributed by atoms with Crippen LogP contribution < -0.4 is 10.6 Å². The highest BCUT2D eigenvalue weighted by Gasteiger charge is 2.17. The molecule has 0 aliphatic rings. The quantitative estimate of drug-likeness (QED) is 0.705. The summed E-state index contributed by atoms with van der Waals surface area (Å²) in [6, 6.07) is 17.0. The van der Waals surface area contributed by atoms with Crippen molar-refractivity contribution < 1.29 is 8.42 Å². The van der Waals surface area contributed by atoms with E-state index in [1.165, 1.54) is 0 Å². The number of nitriles is 2. The summed E-state index contributed by atoms with van der Waals surface area (Å²) in [6.07, 6.45) is 0.767. The third-order valence-electron chi connectivity index (χ3n) is 3.46. The Morgan fingerprint density at radius 1 is 0.720 bits per heavy atom. The van der Waals surface area contributed by atoms with Crippen molar-refractivity contribution in [3.8, 4) is 12.1 Å². The number of anilines is 2. The zero-order valence-electron chi connectivity index (χ0n) is 13.6. The number of nitrogens with zero attached hydrogens (tertiary/aromatic N) is 2. The van der Waals surface area contributed by atoms with Crippen LogP contribution in [0.4, 0.5) is 11.4 Å². The van der Waals surface area contributed by atoms with Crippen LogP contribution in [-0.2, 0) is 9.84 Å². The Kier molecular flexibility index (Phi) is 6.39. The van der Waals surface area contributed by atoms with Crippen molar-refractivity contribution in [1.29, 1.82) is 10.5 Å². The smallest absolute Gasteiger partial charge is 0.206 e. The van der Waals surface area contributed by atoms with E-state index in [4.69, 9.17) is 10.5 Å². The molecular formula is C18H18N4O2S. The average molecular weight is 354 g/mol. The molecule has 0 fully saturated rings. The van der Waals surface area contributed by atoms with Crippen LogP contribution in [0.3, 0.4) is 0 Å². The lowest BCUT2D eigenvalue weighted by molar-refractivity contribution is 0.596. The zero-order valence-corrected chi connectivity index (χ0v) is 14.4. The third-order valence-corrected chi connectivity index (χ3v) is 5.25. The first-order valence-electron chi connectivity index (χ1n) is 7.75. The molecule has 2 rings (SSSR count). The van der Waals surface area contributed by atoms with Crippen LogP contribution in [0.25, 0.3) is 0 Å². The molecule has 0 saturated carbocycles. The second-order valence-electron chi connectivity index (χ2n) is 5.22. The van der Waals surface area contributed by atoms with Gasteiger partial charge in [-0.2, -0.15) is 10.5 Å². The minimum absolute atomic E-state index is 0.212. The second-order valence-corrected chi connectivity index (χ2v) is 7.17. The molecule has 0 aromatic heterocycles. The maximum Gasteiger partial charge on any atom is 0.206 e. The fourth-order valence-corrected chi connectivity index (χ4v) is 3.43. The Hall–Kier alpha value is -3.03. The first-order valence-corrected chi connectivity index (χ1v) is 9.23. The molecule has 0 bridgehead atoms. The molecule has 0 aliphatic heterocycles. The summed E-state index contributed by atoms with van der Waals surface area (Å²) in [5, 5.41) is 23.1. The Labute approximate surface area is 147 Å². The minimum atomic E-state index is -3.58. The maximum atomic E-state index is 12.7. The average Bonchev–Trinajstić information content (AvgIpc) is 2.63. The summed E-state index contributed by atoms with van der Waals surface area (Å²) in [5.74, 6) is 0. The lowest BCUT2D eigenvalue weighted by Gasteiger charge is -2.09.